The van der Waals surface area contributed by atoms with E-state index in [2.05, 4.69) is 81.9 Å². The van der Waals surface area contributed by atoms with Gasteiger partial charge in [0.05, 0.1) is 0 Å². The molecule has 2 N–H and O–H groups in total. The monoisotopic (exact) mass is 409 g/mol. The minimum absolute atomic E-state index is 0.547. The van der Waals surface area contributed by atoms with Gasteiger partial charge in [-0.2, -0.15) is 0 Å². The first-order valence-electron chi connectivity index (χ1n) is 10.3. The molecule has 0 spiro atoms. The molecule has 154 valence electrons. The predicted molar refractivity (Wildman–Crippen MR) is 122 cm³/mol. The molecule has 3 rings (SSSR count). The normalized spacial score (nSPS) is 12.7. The number of thiophene rings is 1. The lowest BCUT2D eigenvalue weighted by atomic mass is 10.1. The van der Waals surface area contributed by atoms with Gasteiger partial charge < -0.3 is 15.2 Å². The summed E-state index contributed by atoms with van der Waals surface area (Å²) < 4.78 is 2.19. The smallest absolute Gasteiger partial charge is 0.191 e. The van der Waals surface area contributed by atoms with Crippen molar-refractivity contribution in [1.29, 1.82) is 0 Å². The van der Waals surface area contributed by atoms with E-state index >= 15 is 0 Å². The Balaban J connectivity index is 1.52. The zero-order chi connectivity index (χ0) is 20.3. The molecule has 0 fully saturated rings. The Labute approximate surface area is 177 Å². The number of benzene rings is 1. The van der Waals surface area contributed by atoms with Crippen LogP contribution in [-0.4, -0.2) is 28.6 Å². The SMILES string of the molecule is CCNC(=NCc1nccn1CCc1ccccc1)NCC(C)Cc1cccs1. The highest BCUT2D eigenvalue weighted by atomic mass is 32.1. The number of guanidine groups is 1. The van der Waals surface area contributed by atoms with E-state index in [1.165, 1.54) is 10.4 Å². The number of imidazole rings is 1. The number of nitrogens with one attached hydrogen (secondary N) is 2. The van der Waals surface area contributed by atoms with Crippen LogP contribution in [0.1, 0.15) is 30.1 Å². The second-order valence-corrected chi connectivity index (χ2v) is 8.27. The summed E-state index contributed by atoms with van der Waals surface area (Å²) in [6.07, 6.45) is 5.98. The summed E-state index contributed by atoms with van der Waals surface area (Å²) in [4.78, 5) is 10.7. The van der Waals surface area contributed by atoms with Gasteiger partial charge in [-0.3, -0.25) is 0 Å². The van der Waals surface area contributed by atoms with Crippen LogP contribution in [0.15, 0.2) is 65.2 Å². The van der Waals surface area contributed by atoms with Gasteiger partial charge in [0.2, 0.25) is 0 Å². The molecule has 0 aliphatic rings. The van der Waals surface area contributed by atoms with Gasteiger partial charge in [-0.25, -0.2) is 9.98 Å². The summed E-state index contributed by atoms with van der Waals surface area (Å²) in [5.41, 5.74) is 1.34. The van der Waals surface area contributed by atoms with Crippen LogP contribution in [0, 0.1) is 5.92 Å². The minimum Gasteiger partial charge on any atom is -0.357 e. The van der Waals surface area contributed by atoms with Crippen molar-refractivity contribution in [2.75, 3.05) is 13.1 Å². The summed E-state index contributed by atoms with van der Waals surface area (Å²) >= 11 is 1.82. The highest BCUT2D eigenvalue weighted by Crippen LogP contribution is 2.13. The molecule has 0 saturated heterocycles. The third kappa shape index (κ3) is 7.06. The standard InChI is InChI=1S/C23H31N5S/c1-3-24-23(26-17-19(2)16-21-10-7-15-29-21)27-18-22-25-12-14-28(22)13-11-20-8-5-4-6-9-20/h4-10,12,14-15,19H,3,11,13,16-18H2,1-2H3,(H2,24,26,27). The molecule has 1 aromatic carbocycles. The molecule has 0 bridgehead atoms. The van der Waals surface area contributed by atoms with Gasteiger partial charge in [0.15, 0.2) is 5.96 Å². The van der Waals surface area contributed by atoms with Crippen LogP contribution < -0.4 is 10.6 Å². The van der Waals surface area contributed by atoms with Crippen LogP contribution in [0.4, 0.5) is 0 Å². The van der Waals surface area contributed by atoms with E-state index in [0.717, 1.165) is 44.3 Å². The second kappa shape index (κ2) is 11.4. The lowest BCUT2D eigenvalue weighted by Gasteiger charge is -2.15. The van der Waals surface area contributed by atoms with Gasteiger partial charge in [0.25, 0.3) is 0 Å². The number of aromatic nitrogens is 2. The highest BCUT2D eigenvalue weighted by molar-refractivity contribution is 7.09. The first kappa shape index (κ1) is 21.1. The molecular formula is C23H31N5S. The van der Waals surface area contributed by atoms with E-state index in [4.69, 9.17) is 4.99 Å². The summed E-state index contributed by atoms with van der Waals surface area (Å²) in [6.45, 7) is 7.58. The first-order chi connectivity index (χ1) is 14.2. The fraction of sp³-hybridized carbons (Fsp3) is 0.391. The van der Waals surface area contributed by atoms with E-state index in [9.17, 15) is 0 Å². The van der Waals surface area contributed by atoms with Crippen LogP contribution in [0.3, 0.4) is 0 Å². The van der Waals surface area contributed by atoms with Gasteiger partial charge in [0.1, 0.15) is 12.4 Å². The van der Waals surface area contributed by atoms with Crippen molar-refractivity contribution in [3.8, 4) is 0 Å². The number of aryl methyl sites for hydroxylation is 2. The highest BCUT2D eigenvalue weighted by Gasteiger charge is 2.07. The Bertz CT molecular complexity index is 855. The third-order valence-corrected chi connectivity index (χ3v) is 5.66. The Kier molecular flexibility index (Phi) is 8.31. The maximum atomic E-state index is 4.75. The summed E-state index contributed by atoms with van der Waals surface area (Å²) in [5.74, 6) is 2.39. The Hall–Kier alpha value is -2.60. The lowest BCUT2D eigenvalue weighted by molar-refractivity contribution is 0.561. The lowest BCUT2D eigenvalue weighted by Crippen LogP contribution is -2.39. The molecule has 29 heavy (non-hydrogen) atoms. The van der Waals surface area contributed by atoms with E-state index in [0.29, 0.717) is 12.5 Å². The van der Waals surface area contributed by atoms with Crippen LogP contribution >= 0.6 is 11.3 Å². The average molecular weight is 410 g/mol. The molecule has 0 aliphatic carbocycles. The van der Waals surface area contributed by atoms with E-state index < -0.39 is 0 Å². The van der Waals surface area contributed by atoms with E-state index in [-0.39, 0.29) is 0 Å². The molecule has 5 nitrogen and oxygen atoms in total. The number of aliphatic imine (C=N–C) groups is 1. The fourth-order valence-electron chi connectivity index (χ4n) is 3.20. The Morgan fingerprint density at radius 2 is 2.03 bits per heavy atom. The predicted octanol–water partition coefficient (Wildman–Crippen LogP) is 4.12. The van der Waals surface area contributed by atoms with Crippen LogP contribution in [0.25, 0.3) is 0 Å². The van der Waals surface area contributed by atoms with Gasteiger partial charge in [-0.05, 0) is 42.7 Å². The Morgan fingerprint density at radius 3 is 2.79 bits per heavy atom. The van der Waals surface area contributed by atoms with Gasteiger partial charge in [-0.15, -0.1) is 11.3 Å². The van der Waals surface area contributed by atoms with Gasteiger partial charge in [-0.1, -0.05) is 43.3 Å². The maximum absolute atomic E-state index is 4.75. The van der Waals surface area contributed by atoms with Crippen LogP contribution in [-0.2, 0) is 25.9 Å². The maximum Gasteiger partial charge on any atom is 0.191 e. The van der Waals surface area contributed by atoms with E-state index in [1.807, 2.05) is 23.7 Å². The number of hydrogen-bond donors (Lipinski definition) is 2. The van der Waals surface area contributed by atoms with Gasteiger partial charge in [0, 0.05) is 36.9 Å². The number of hydrogen-bond acceptors (Lipinski definition) is 3. The van der Waals surface area contributed by atoms with Gasteiger partial charge >= 0.3 is 0 Å². The number of nitrogens with zero attached hydrogens (tertiary/aromatic N) is 3. The van der Waals surface area contributed by atoms with Crippen molar-refractivity contribution < 1.29 is 0 Å². The average Bonchev–Trinajstić information content (AvgIpc) is 3.41. The largest absolute Gasteiger partial charge is 0.357 e. The molecule has 3 aromatic rings. The number of rotatable bonds is 10. The summed E-state index contributed by atoms with van der Waals surface area (Å²) in [6, 6.07) is 14.9. The topological polar surface area (TPSA) is 54.2 Å². The molecule has 0 radical (unpaired) electrons. The van der Waals surface area contributed by atoms with Crippen molar-refractivity contribution in [1.82, 2.24) is 20.2 Å². The summed E-state index contributed by atoms with van der Waals surface area (Å²) in [5, 5.41) is 8.96. The molecule has 2 heterocycles. The molecule has 0 amide bonds. The molecule has 2 aromatic heterocycles. The van der Waals surface area contributed by atoms with Crippen molar-refractivity contribution in [3.05, 3.63) is 76.5 Å². The Morgan fingerprint density at radius 1 is 1.17 bits per heavy atom. The van der Waals surface area contributed by atoms with Crippen molar-refractivity contribution in [2.24, 2.45) is 10.9 Å². The second-order valence-electron chi connectivity index (χ2n) is 7.24. The molecular weight excluding hydrogens is 378 g/mol. The minimum atomic E-state index is 0.547. The van der Waals surface area contributed by atoms with Crippen molar-refractivity contribution in [2.45, 2.75) is 39.8 Å². The summed E-state index contributed by atoms with van der Waals surface area (Å²) in [7, 11) is 0. The quantitative estimate of drug-likeness (QED) is 0.391. The van der Waals surface area contributed by atoms with Crippen LogP contribution in [0.2, 0.25) is 0 Å². The molecule has 6 heteroatoms. The van der Waals surface area contributed by atoms with Crippen LogP contribution in [0.5, 0.6) is 0 Å². The molecule has 1 unspecified atom stereocenters. The fourth-order valence-corrected chi connectivity index (χ4v) is 4.07. The molecule has 0 aliphatic heterocycles. The zero-order valence-corrected chi connectivity index (χ0v) is 18.2. The first-order valence-corrected chi connectivity index (χ1v) is 11.2. The molecule has 1 atom stereocenters. The third-order valence-electron chi connectivity index (χ3n) is 4.76. The zero-order valence-electron chi connectivity index (χ0n) is 17.3. The molecule has 0 saturated carbocycles. The van der Waals surface area contributed by atoms with E-state index in [1.54, 1.807) is 0 Å². The van der Waals surface area contributed by atoms with Crippen molar-refractivity contribution >= 4 is 17.3 Å². The van der Waals surface area contributed by atoms with Crippen molar-refractivity contribution in [3.63, 3.8) is 0 Å².